The van der Waals surface area contributed by atoms with E-state index in [2.05, 4.69) is 20.0 Å². The zero-order valence-corrected chi connectivity index (χ0v) is 13.0. The number of oxime groups is 1. The molecule has 0 spiro atoms. The Bertz CT molecular complexity index is 581. The van der Waals surface area contributed by atoms with Crippen LogP contribution >= 0.6 is 0 Å². The molecule has 0 aliphatic carbocycles. The van der Waals surface area contributed by atoms with Gasteiger partial charge in [0.2, 0.25) is 5.95 Å². The lowest BCUT2D eigenvalue weighted by atomic mass is 10.0. The van der Waals surface area contributed by atoms with E-state index in [-0.39, 0.29) is 12.1 Å². The minimum atomic E-state index is -0.246. The van der Waals surface area contributed by atoms with Crippen molar-refractivity contribution in [2.75, 3.05) is 44.2 Å². The molecule has 2 radical (unpaired) electrons. The lowest BCUT2D eigenvalue weighted by Gasteiger charge is -2.38. The normalized spacial score (nSPS) is 18.1. The molecule has 2 saturated heterocycles. The minimum absolute atomic E-state index is 0.113. The van der Waals surface area contributed by atoms with Gasteiger partial charge in [0.05, 0.1) is 18.8 Å². The maximum Gasteiger partial charge on any atom is 0.302 e. The summed E-state index contributed by atoms with van der Waals surface area (Å²) in [6, 6.07) is 0. The first-order valence-corrected chi connectivity index (χ1v) is 7.50. The first kappa shape index (κ1) is 15.7. The Morgan fingerprint density at radius 1 is 1.39 bits per heavy atom. The van der Waals surface area contributed by atoms with Crippen molar-refractivity contribution in [2.24, 2.45) is 5.16 Å². The number of carbonyl (C=O) groups excluding carboxylic acids is 1. The van der Waals surface area contributed by atoms with Crippen LogP contribution in [0.3, 0.4) is 0 Å². The second-order valence-corrected chi connectivity index (χ2v) is 5.66. The Labute approximate surface area is 135 Å². The molecule has 9 heteroatoms. The maximum absolute atomic E-state index is 10.7. The van der Waals surface area contributed by atoms with E-state index >= 15 is 0 Å². The molecule has 23 heavy (non-hydrogen) atoms. The number of anilines is 1. The van der Waals surface area contributed by atoms with Gasteiger partial charge in [0.25, 0.3) is 0 Å². The Morgan fingerprint density at radius 2 is 2.09 bits per heavy atom. The molecule has 1 aromatic rings. The zero-order valence-electron chi connectivity index (χ0n) is 13.0. The number of hydrogen-bond donors (Lipinski definition) is 0. The van der Waals surface area contributed by atoms with Crippen LogP contribution in [-0.2, 0) is 14.4 Å². The van der Waals surface area contributed by atoms with Crippen molar-refractivity contribution in [3.8, 4) is 0 Å². The third-order valence-corrected chi connectivity index (χ3v) is 3.66. The largest absolute Gasteiger partial charge is 0.465 e. The van der Waals surface area contributed by atoms with Crippen molar-refractivity contribution in [1.29, 1.82) is 0 Å². The smallest absolute Gasteiger partial charge is 0.302 e. The van der Waals surface area contributed by atoms with Crippen molar-refractivity contribution >= 4 is 30.9 Å². The molecule has 2 aliphatic heterocycles. The van der Waals surface area contributed by atoms with Gasteiger partial charge in [-0.15, -0.1) is 0 Å². The lowest BCUT2D eigenvalue weighted by molar-refractivity contribution is -0.142. The van der Waals surface area contributed by atoms with E-state index in [0.717, 1.165) is 25.3 Å². The number of carbonyl (C=O) groups is 1. The lowest BCUT2D eigenvalue weighted by Crippen LogP contribution is -2.53. The van der Waals surface area contributed by atoms with E-state index in [0.29, 0.717) is 31.1 Å². The molecule has 8 nitrogen and oxygen atoms in total. The summed E-state index contributed by atoms with van der Waals surface area (Å²) in [5.41, 5.74) is 1.53. The van der Waals surface area contributed by atoms with Gasteiger partial charge in [-0.2, -0.15) is 0 Å². The number of rotatable bonds is 6. The summed E-state index contributed by atoms with van der Waals surface area (Å²) in [5, 5.41) is 4.17. The highest BCUT2D eigenvalue weighted by Gasteiger charge is 2.30. The molecule has 0 unspecified atom stereocenters. The summed E-state index contributed by atoms with van der Waals surface area (Å²) in [5.74, 6) is 0.405. The summed E-state index contributed by atoms with van der Waals surface area (Å²) in [4.78, 5) is 28.6. The van der Waals surface area contributed by atoms with Gasteiger partial charge in [0.1, 0.15) is 14.5 Å². The molecule has 0 N–H and O–H groups in total. The highest BCUT2D eigenvalue weighted by molar-refractivity contribution is 6.31. The van der Waals surface area contributed by atoms with Crippen LogP contribution in [0.2, 0.25) is 0 Å². The SMILES string of the molecule is [B]c1cnc(N2CC(=NOC3CN(CCOC(C)=O)C3)C2)nc1. The van der Waals surface area contributed by atoms with Crippen molar-refractivity contribution in [1.82, 2.24) is 14.9 Å². The zero-order chi connectivity index (χ0) is 16.2. The van der Waals surface area contributed by atoms with Crippen LogP contribution in [0.15, 0.2) is 17.5 Å². The van der Waals surface area contributed by atoms with Gasteiger partial charge < -0.3 is 14.5 Å². The van der Waals surface area contributed by atoms with E-state index in [1.807, 2.05) is 4.90 Å². The number of esters is 1. The fourth-order valence-electron chi connectivity index (χ4n) is 2.33. The summed E-state index contributed by atoms with van der Waals surface area (Å²) in [6.07, 6.45) is 3.29. The van der Waals surface area contributed by atoms with Crippen LogP contribution in [0.1, 0.15) is 6.92 Å². The molecule has 0 atom stereocenters. The van der Waals surface area contributed by atoms with Crippen molar-refractivity contribution in [3.63, 3.8) is 0 Å². The van der Waals surface area contributed by atoms with Crippen LogP contribution in [0.5, 0.6) is 0 Å². The highest BCUT2D eigenvalue weighted by Crippen LogP contribution is 2.15. The van der Waals surface area contributed by atoms with Crippen molar-refractivity contribution in [3.05, 3.63) is 12.4 Å². The number of nitrogens with zero attached hydrogens (tertiary/aromatic N) is 5. The summed E-state index contributed by atoms with van der Waals surface area (Å²) >= 11 is 0. The average Bonchev–Trinajstić information content (AvgIpc) is 2.43. The standard InChI is InChI=1S/C14H18BN5O3/c1-10(21)22-3-2-19-8-13(9-19)23-18-12-6-20(7-12)14-16-4-11(15)5-17-14/h4-5,13H,2-3,6-9H2,1H3. The Kier molecular flexibility index (Phi) is 4.75. The Balaban J connectivity index is 1.31. The molecule has 0 bridgehead atoms. The molecule has 0 amide bonds. The molecule has 1 aromatic heterocycles. The molecular weight excluding hydrogens is 297 g/mol. The number of hydrogen-bond acceptors (Lipinski definition) is 8. The number of ether oxygens (including phenoxy) is 1. The van der Waals surface area contributed by atoms with Gasteiger partial charge in [0, 0.05) is 39.0 Å². The van der Waals surface area contributed by atoms with Gasteiger partial charge in [-0.3, -0.25) is 9.69 Å². The molecule has 2 aliphatic rings. The number of aromatic nitrogens is 2. The fourth-order valence-corrected chi connectivity index (χ4v) is 2.33. The highest BCUT2D eigenvalue weighted by atomic mass is 16.6. The Morgan fingerprint density at radius 3 is 2.74 bits per heavy atom. The molecule has 0 saturated carbocycles. The second kappa shape index (κ2) is 6.95. The van der Waals surface area contributed by atoms with Crippen LogP contribution < -0.4 is 10.4 Å². The topological polar surface area (TPSA) is 80.1 Å². The van der Waals surface area contributed by atoms with Gasteiger partial charge in [-0.05, 0) is 0 Å². The molecule has 3 heterocycles. The van der Waals surface area contributed by atoms with Gasteiger partial charge >= 0.3 is 5.97 Å². The van der Waals surface area contributed by atoms with Crippen LogP contribution in [0, 0.1) is 0 Å². The van der Waals surface area contributed by atoms with E-state index in [9.17, 15) is 4.79 Å². The van der Waals surface area contributed by atoms with Gasteiger partial charge in [-0.1, -0.05) is 10.6 Å². The first-order chi connectivity index (χ1) is 11.1. The third kappa shape index (κ3) is 4.19. The third-order valence-electron chi connectivity index (χ3n) is 3.66. The average molecular weight is 315 g/mol. The quantitative estimate of drug-likeness (QED) is 0.367. The predicted octanol–water partition coefficient (Wildman–Crippen LogP) is -1.29. The fraction of sp³-hybridized carbons (Fsp3) is 0.571. The molecule has 3 rings (SSSR count). The van der Waals surface area contributed by atoms with Crippen molar-refractivity contribution in [2.45, 2.75) is 13.0 Å². The molecular formula is C14H18BN5O3. The van der Waals surface area contributed by atoms with E-state index in [1.54, 1.807) is 12.4 Å². The van der Waals surface area contributed by atoms with E-state index in [4.69, 9.17) is 17.4 Å². The van der Waals surface area contributed by atoms with Gasteiger partial charge in [-0.25, -0.2) is 9.97 Å². The Hall–Kier alpha value is -2.16. The minimum Gasteiger partial charge on any atom is -0.465 e. The molecule has 120 valence electrons. The van der Waals surface area contributed by atoms with Crippen LogP contribution in [0.4, 0.5) is 5.95 Å². The van der Waals surface area contributed by atoms with Crippen LogP contribution in [-0.4, -0.2) is 79.8 Å². The maximum atomic E-state index is 10.7. The monoisotopic (exact) mass is 315 g/mol. The van der Waals surface area contributed by atoms with Gasteiger partial charge in [0.15, 0.2) is 6.10 Å². The summed E-state index contributed by atoms with van der Waals surface area (Å²) in [6.45, 7) is 5.53. The second-order valence-electron chi connectivity index (χ2n) is 5.66. The predicted molar refractivity (Wildman–Crippen MR) is 85.0 cm³/mol. The molecule has 0 aromatic carbocycles. The van der Waals surface area contributed by atoms with E-state index < -0.39 is 0 Å². The summed E-state index contributed by atoms with van der Waals surface area (Å²) in [7, 11) is 5.56. The molecule has 2 fully saturated rings. The van der Waals surface area contributed by atoms with Crippen LogP contribution in [0.25, 0.3) is 0 Å². The van der Waals surface area contributed by atoms with Crippen molar-refractivity contribution < 1.29 is 14.4 Å². The van der Waals surface area contributed by atoms with E-state index in [1.165, 1.54) is 6.92 Å². The number of likely N-dealkylation sites (tertiary alicyclic amines) is 1. The summed E-state index contributed by atoms with van der Waals surface area (Å²) < 4.78 is 4.90. The first-order valence-electron chi connectivity index (χ1n) is 7.50.